The first-order chi connectivity index (χ1) is 20.1. The fourth-order valence-corrected chi connectivity index (χ4v) is 7.66. The third-order valence-electron chi connectivity index (χ3n) is 9.35. The van der Waals surface area contributed by atoms with Crippen LogP contribution in [0.4, 0.5) is 0 Å². The predicted octanol–water partition coefficient (Wildman–Crippen LogP) is 10.1. The van der Waals surface area contributed by atoms with Crippen LogP contribution in [0.2, 0.25) is 0 Å². The minimum atomic E-state index is -0.482. The number of para-hydroxylation sites is 2. The average Bonchev–Trinajstić information content (AvgIpc) is 3.47. The van der Waals surface area contributed by atoms with E-state index in [9.17, 15) is 0 Å². The summed E-state index contributed by atoms with van der Waals surface area (Å²) in [6.45, 7) is 8.63. The maximum Gasteiger partial charge on any atom is 0.139 e. The number of hydrogen-bond donors (Lipinski definition) is 0. The summed E-state index contributed by atoms with van der Waals surface area (Å²) < 4.78 is 6.91. The number of rotatable bonds is 3. The Morgan fingerprint density at radius 2 is 1.07 bits per heavy atom. The molecule has 41 heavy (non-hydrogen) atoms. The average molecular weight is 527 g/mol. The van der Waals surface area contributed by atoms with Crippen LogP contribution in [-0.2, 0) is 10.8 Å². The molecule has 0 aromatic heterocycles. The summed E-state index contributed by atoms with van der Waals surface area (Å²) in [5.74, 6) is 1.88. The lowest BCUT2D eigenvalue weighted by Crippen LogP contribution is -2.28. The number of ether oxygens (including phenoxy) is 1. The van der Waals surface area contributed by atoms with Gasteiger partial charge in [0.2, 0.25) is 0 Å². The molecule has 5 aromatic rings. The highest BCUT2D eigenvalue weighted by molar-refractivity contribution is 6.13. The topological polar surface area (TPSA) is 9.23 Å². The second kappa shape index (κ2) is 8.56. The molecule has 0 amide bonds. The van der Waals surface area contributed by atoms with E-state index in [-0.39, 0.29) is 5.41 Å². The summed E-state index contributed by atoms with van der Waals surface area (Å²) in [6, 6.07) is 42.0. The lowest BCUT2D eigenvalue weighted by Gasteiger charge is -2.38. The van der Waals surface area contributed by atoms with E-state index in [0.29, 0.717) is 0 Å². The molecule has 0 N–H and O–H groups in total. The smallest absolute Gasteiger partial charge is 0.139 e. The molecule has 8 rings (SSSR count). The Hall–Kier alpha value is -4.88. The zero-order chi connectivity index (χ0) is 27.8. The molecule has 1 heterocycles. The van der Waals surface area contributed by atoms with Gasteiger partial charge in [0, 0.05) is 22.1 Å². The van der Waals surface area contributed by atoms with Crippen LogP contribution in [0.1, 0.15) is 52.8 Å². The molecule has 0 saturated heterocycles. The van der Waals surface area contributed by atoms with Crippen molar-refractivity contribution >= 4 is 11.1 Å². The molecule has 1 aliphatic heterocycles. The second-order valence-corrected chi connectivity index (χ2v) is 11.7. The van der Waals surface area contributed by atoms with Gasteiger partial charge in [-0.05, 0) is 50.6 Å². The summed E-state index contributed by atoms with van der Waals surface area (Å²) in [6.07, 6.45) is 6.17. The minimum absolute atomic E-state index is 0.206. The van der Waals surface area contributed by atoms with Gasteiger partial charge in [0.1, 0.15) is 11.5 Å². The fraction of sp³-hybridized carbons (Fsp3) is 0.100. The van der Waals surface area contributed by atoms with Crippen LogP contribution in [-0.4, -0.2) is 0 Å². The summed E-state index contributed by atoms with van der Waals surface area (Å²) in [7, 11) is 0. The Kier molecular flexibility index (Phi) is 5.00. The predicted molar refractivity (Wildman–Crippen MR) is 169 cm³/mol. The van der Waals surface area contributed by atoms with Crippen molar-refractivity contribution in [1.82, 2.24) is 0 Å². The van der Waals surface area contributed by atoms with Crippen LogP contribution in [0.25, 0.3) is 22.3 Å². The van der Waals surface area contributed by atoms with E-state index in [1.807, 2.05) is 6.08 Å². The van der Waals surface area contributed by atoms with Crippen molar-refractivity contribution in [2.45, 2.75) is 24.7 Å². The highest BCUT2D eigenvalue weighted by Crippen LogP contribution is 2.66. The highest BCUT2D eigenvalue weighted by atomic mass is 16.5. The van der Waals surface area contributed by atoms with E-state index < -0.39 is 5.41 Å². The molecule has 196 valence electrons. The molecule has 1 nitrogen and oxygen atoms in total. The van der Waals surface area contributed by atoms with Gasteiger partial charge in [-0.25, -0.2) is 0 Å². The van der Waals surface area contributed by atoms with Crippen LogP contribution in [0.3, 0.4) is 0 Å². The Morgan fingerprint density at radius 1 is 0.561 bits per heavy atom. The molecule has 3 aliphatic rings. The zero-order valence-corrected chi connectivity index (χ0v) is 23.3. The lowest BCUT2D eigenvalue weighted by molar-refractivity contribution is 0.416. The van der Waals surface area contributed by atoms with E-state index in [4.69, 9.17) is 4.74 Å². The Labute approximate surface area is 241 Å². The van der Waals surface area contributed by atoms with Crippen LogP contribution < -0.4 is 4.74 Å². The maximum atomic E-state index is 6.91. The van der Waals surface area contributed by atoms with Crippen LogP contribution in [0.15, 0.2) is 140 Å². The molecule has 2 aliphatic carbocycles. The van der Waals surface area contributed by atoms with Crippen LogP contribution >= 0.6 is 0 Å². The van der Waals surface area contributed by atoms with Gasteiger partial charge in [-0.2, -0.15) is 0 Å². The molecular formula is C40H30O. The van der Waals surface area contributed by atoms with Crippen molar-refractivity contribution in [3.05, 3.63) is 179 Å². The van der Waals surface area contributed by atoms with Crippen molar-refractivity contribution in [3.63, 3.8) is 0 Å². The SMILES string of the molecule is C=C/C=C\C1=C(c2cccc3c2Oc2ccccc2C3(C)C)C2(c3ccccc31)c1ccccc1-c1ccccc12. The first-order valence-electron chi connectivity index (χ1n) is 14.3. The molecule has 0 unspecified atom stereocenters. The van der Waals surface area contributed by atoms with Crippen LogP contribution in [0.5, 0.6) is 11.5 Å². The monoisotopic (exact) mass is 526 g/mol. The van der Waals surface area contributed by atoms with E-state index in [1.165, 1.54) is 55.7 Å². The quantitative estimate of drug-likeness (QED) is 0.213. The second-order valence-electron chi connectivity index (χ2n) is 11.7. The molecular weight excluding hydrogens is 496 g/mol. The number of fused-ring (bicyclic) bond motifs is 9. The van der Waals surface area contributed by atoms with E-state index in [1.54, 1.807) is 0 Å². The first kappa shape index (κ1) is 24.0. The highest BCUT2D eigenvalue weighted by Gasteiger charge is 2.54. The number of benzene rings is 5. The Bertz CT molecular complexity index is 1920. The van der Waals surface area contributed by atoms with Gasteiger partial charge >= 0.3 is 0 Å². The maximum absolute atomic E-state index is 6.91. The Morgan fingerprint density at radius 3 is 1.73 bits per heavy atom. The molecule has 0 atom stereocenters. The summed E-state index contributed by atoms with van der Waals surface area (Å²) in [4.78, 5) is 0. The van der Waals surface area contributed by atoms with Crippen LogP contribution in [0, 0.1) is 0 Å². The van der Waals surface area contributed by atoms with Gasteiger partial charge in [-0.3, -0.25) is 0 Å². The first-order valence-corrected chi connectivity index (χ1v) is 14.3. The minimum Gasteiger partial charge on any atom is -0.456 e. The van der Waals surface area contributed by atoms with E-state index in [0.717, 1.165) is 17.1 Å². The third-order valence-corrected chi connectivity index (χ3v) is 9.35. The zero-order valence-electron chi connectivity index (χ0n) is 23.3. The van der Waals surface area contributed by atoms with Gasteiger partial charge in [-0.1, -0.05) is 148 Å². The summed E-state index contributed by atoms with van der Waals surface area (Å²) >= 11 is 0. The standard InChI is InChI=1S/C40H30O/c1-4-5-15-29-28-18-8-11-22-33(28)40(31-20-9-6-16-26(31)27-17-7-10-21-32(27)40)37(29)30-19-14-24-35-38(30)41-36-25-13-12-23-34(36)39(35,2)3/h4-25H,1H2,2-3H3/b15-5-. The summed E-state index contributed by atoms with van der Waals surface area (Å²) in [5, 5.41) is 0. The normalized spacial score (nSPS) is 16.5. The Balaban J connectivity index is 1.54. The van der Waals surface area contributed by atoms with Crippen molar-refractivity contribution < 1.29 is 4.74 Å². The van der Waals surface area contributed by atoms with Gasteiger partial charge < -0.3 is 4.74 Å². The van der Waals surface area contributed by atoms with E-state index in [2.05, 4.69) is 148 Å². The number of hydrogen-bond acceptors (Lipinski definition) is 1. The van der Waals surface area contributed by atoms with Gasteiger partial charge in [-0.15, -0.1) is 0 Å². The summed E-state index contributed by atoms with van der Waals surface area (Å²) in [5.41, 5.74) is 13.1. The van der Waals surface area contributed by atoms with Gasteiger partial charge in [0.05, 0.1) is 5.41 Å². The molecule has 0 saturated carbocycles. The fourth-order valence-electron chi connectivity index (χ4n) is 7.66. The molecule has 0 radical (unpaired) electrons. The van der Waals surface area contributed by atoms with E-state index >= 15 is 0 Å². The van der Waals surface area contributed by atoms with Crippen molar-refractivity contribution in [3.8, 4) is 22.6 Å². The molecule has 1 heteroatoms. The van der Waals surface area contributed by atoms with Gasteiger partial charge in [0.25, 0.3) is 0 Å². The molecule has 5 aromatic carbocycles. The molecule has 0 bridgehead atoms. The molecule has 0 fully saturated rings. The largest absolute Gasteiger partial charge is 0.456 e. The number of allylic oxidation sites excluding steroid dienone is 5. The van der Waals surface area contributed by atoms with Gasteiger partial charge in [0.15, 0.2) is 0 Å². The third kappa shape index (κ3) is 3.01. The lowest BCUT2D eigenvalue weighted by atomic mass is 9.66. The van der Waals surface area contributed by atoms with Crippen molar-refractivity contribution in [1.29, 1.82) is 0 Å². The van der Waals surface area contributed by atoms with Crippen molar-refractivity contribution in [2.24, 2.45) is 0 Å². The van der Waals surface area contributed by atoms with Crippen molar-refractivity contribution in [2.75, 3.05) is 0 Å². The molecule has 1 spiro atoms.